The van der Waals surface area contributed by atoms with Crippen molar-refractivity contribution in [2.45, 2.75) is 12.6 Å². The average Bonchev–Trinajstić information content (AvgIpc) is 2.54. The molecule has 3 rings (SSSR count). The summed E-state index contributed by atoms with van der Waals surface area (Å²) < 4.78 is 31.0. The van der Waals surface area contributed by atoms with E-state index in [1.54, 1.807) is 12.1 Å². The highest BCUT2D eigenvalue weighted by molar-refractivity contribution is 5.91. The Morgan fingerprint density at radius 3 is 2.13 bits per heavy atom. The van der Waals surface area contributed by atoms with Gasteiger partial charge in [-0.25, -0.2) is 13.6 Å². The molecule has 0 aromatic heterocycles. The van der Waals surface area contributed by atoms with Gasteiger partial charge in [0.15, 0.2) is 12.6 Å². The first kappa shape index (κ1) is 15.1. The van der Waals surface area contributed by atoms with Crippen LogP contribution in [0.1, 0.15) is 17.2 Å². The van der Waals surface area contributed by atoms with Crippen LogP contribution in [0.2, 0.25) is 0 Å². The quantitative estimate of drug-likeness (QED) is 0.818. The van der Waals surface area contributed by atoms with E-state index in [0.29, 0.717) is 11.1 Å². The molecule has 0 bridgehead atoms. The highest BCUT2D eigenvalue weighted by atomic mass is 19.1. The van der Waals surface area contributed by atoms with Crippen molar-refractivity contribution in [2.24, 2.45) is 0 Å². The van der Waals surface area contributed by atoms with Gasteiger partial charge in [-0.2, -0.15) is 0 Å². The van der Waals surface area contributed by atoms with Crippen LogP contribution in [0, 0.1) is 11.6 Å². The first-order valence-corrected chi connectivity index (χ1v) is 7.00. The van der Waals surface area contributed by atoms with E-state index in [2.05, 4.69) is 0 Å². The molecule has 1 fully saturated rings. The number of amides is 1. The topological polar surface area (TPSA) is 46.6 Å². The Morgan fingerprint density at radius 2 is 1.52 bits per heavy atom. The fourth-order valence-electron chi connectivity index (χ4n) is 2.49. The van der Waals surface area contributed by atoms with Gasteiger partial charge in [0.25, 0.3) is 5.91 Å². The molecule has 4 nitrogen and oxygen atoms in total. The van der Waals surface area contributed by atoms with Gasteiger partial charge < -0.3 is 9.64 Å². The van der Waals surface area contributed by atoms with E-state index < -0.39 is 17.8 Å². The van der Waals surface area contributed by atoms with Crippen LogP contribution in [0.25, 0.3) is 0 Å². The molecule has 1 heterocycles. The standard InChI is InChI=1S/C17H13F2NO3/c18-13-5-1-11(2-6-13)9-20-15(21)10-23-17(22)16(20)12-3-7-14(19)8-4-12/h1-8,16H,9-10H2. The van der Waals surface area contributed by atoms with E-state index in [4.69, 9.17) is 4.74 Å². The van der Waals surface area contributed by atoms with Crippen molar-refractivity contribution in [3.05, 3.63) is 71.3 Å². The minimum absolute atomic E-state index is 0.135. The summed E-state index contributed by atoms with van der Waals surface area (Å²) in [4.78, 5) is 25.6. The smallest absolute Gasteiger partial charge is 0.334 e. The number of hydrogen-bond acceptors (Lipinski definition) is 3. The summed E-state index contributed by atoms with van der Waals surface area (Å²) in [6.07, 6.45) is 0. The molecule has 0 aliphatic carbocycles. The second-order valence-corrected chi connectivity index (χ2v) is 5.21. The Kier molecular flexibility index (Phi) is 4.06. The van der Waals surface area contributed by atoms with Gasteiger partial charge >= 0.3 is 5.97 Å². The van der Waals surface area contributed by atoms with Crippen LogP contribution < -0.4 is 0 Å². The number of ether oxygens (including phenoxy) is 1. The van der Waals surface area contributed by atoms with E-state index in [1.165, 1.54) is 41.3 Å². The van der Waals surface area contributed by atoms with Gasteiger partial charge in [0.1, 0.15) is 11.6 Å². The zero-order valence-electron chi connectivity index (χ0n) is 12.0. The Bertz CT molecular complexity index is 729. The number of rotatable bonds is 3. The van der Waals surface area contributed by atoms with Gasteiger partial charge in [0.2, 0.25) is 0 Å². The molecule has 1 aliphatic heterocycles. The molecule has 0 N–H and O–H groups in total. The van der Waals surface area contributed by atoms with Crippen molar-refractivity contribution in [3.63, 3.8) is 0 Å². The maximum absolute atomic E-state index is 13.1. The third-order valence-corrected chi connectivity index (χ3v) is 3.65. The predicted octanol–water partition coefficient (Wildman–Crippen LogP) is 2.59. The summed E-state index contributed by atoms with van der Waals surface area (Å²) in [5, 5.41) is 0. The minimum Gasteiger partial charge on any atom is -0.454 e. The number of esters is 1. The van der Waals surface area contributed by atoms with Gasteiger partial charge in [-0.15, -0.1) is 0 Å². The van der Waals surface area contributed by atoms with E-state index in [0.717, 1.165) is 0 Å². The third-order valence-electron chi connectivity index (χ3n) is 3.65. The van der Waals surface area contributed by atoms with Gasteiger partial charge in [-0.3, -0.25) is 4.79 Å². The average molecular weight is 317 g/mol. The largest absolute Gasteiger partial charge is 0.454 e. The Labute approximate surface area is 131 Å². The third kappa shape index (κ3) is 3.21. The fraction of sp³-hybridized carbons (Fsp3) is 0.176. The lowest BCUT2D eigenvalue weighted by Gasteiger charge is -2.34. The fourth-order valence-corrected chi connectivity index (χ4v) is 2.49. The number of nitrogens with zero attached hydrogens (tertiary/aromatic N) is 1. The van der Waals surface area contributed by atoms with Crippen molar-refractivity contribution < 1.29 is 23.1 Å². The highest BCUT2D eigenvalue weighted by Gasteiger charge is 2.37. The summed E-state index contributed by atoms with van der Waals surface area (Å²) in [5.74, 6) is -1.75. The van der Waals surface area contributed by atoms with Crippen LogP contribution in [0.5, 0.6) is 0 Å². The lowest BCUT2D eigenvalue weighted by Crippen LogP contribution is -2.46. The Morgan fingerprint density at radius 1 is 0.957 bits per heavy atom. The molecular formula is C17H13F2NO3. The minimum atomic E-state index is -0.943. The summed E-state index contributed by atoms with van der Waals surface area (Å²) >= 11 is 0. The molecule has 0 radical (unpaired) electrons. The molecule has 1 unspecified atom stereocenters. The Hall–Kier alpha value is -2.76. The number of carbonyl (C=O) groups is 2. The second-order valence-electron chi connectivity index (χ2n) is 5.21. The number of halogens is 2. The summed E-state index contributed by atoms with van der Waals surface area (Å²) in [6, 6.07) is 10.0. The number of benzene rings is 2. The van der Waals surface area contributed by atoms with Crippen molar-refractivity contribution in [1.82, 2.24) is 4.90 Å². The molecule has 23 heavy (non-hydrogen) atoms. The van der Waals surface area contributed by atoms with E-state index in [9.17, 15) is 18.4 Å². The lowest BCUT2D eigenvalue weighted by molar-refractivity contribution is -0.170. The summed E-state index contributed by atoms with van der Waals surface area (Å²) in [7, 11) is 0. The van der Waals surface area contributed by atoms with Crippen LogP contribution in [0.3, 0.4) is 0 Å². The van der Waals surface area contributed by atoms with E-state index >= 15 is 0 Å². The molecule has 2 aromatic rings. The molecule has 1 amide bonds. The second kappa shape index (κ2) is 6.16. The molecule has 2 aromatic carbocycles. The molecule has 118 valence electrons. The SMILES string of the molecule is O=C1OCC(=O)N(Cc2ccc(F)cc2)C1c1ccc(F)cc1. The number of cyclic esters (lactones) is 1. The van der Waals surface area contributed by atoms with Crippen LogP contribution in [-0.2, 0) is 20.9 Å². The predicted molar refractivity (Wildman–Crippen MR) is 77.1 cm³/mol. The molecule has 1 atom stereocenters. The van der Waals surface area contributed by atoms with Crippen LogP contribution in [0.4, 0.5) is 8.78 Å². The van der Waals surface area contributed by atoms with Gasteiger partial charge in [-0.05, 0) is 35.4 Å². The van der Waals surface area contributed by atoms with Crippen molar-refractivity contribution in [3.8, 4) is 0 Å². The maximum Gasteiger partial charge on any atom is 0.334 e. The van der Waals surface area contributed by atoms with Crippen LogP contribution >= 0.6 is 0 Å². The number of hydrogen-bond donors (Lipinski definition) is 0. The first-order chi connectivity index (χ1) is 11.0. The molecule has 1 saturated heterocycles. The first-order valence-electron chi connectivity index (χ1n) is 7.00. The van der Waals surface area contributed by atoms with Crippen molar-refractivity contribution >= 4 is 11.9 Å². The van der Waals surface area contributed by atoms with Gasteiger partial charge in [0, 0.05) is 6.54 Å². The van der Waals surface area contributed by atoms with Crippen LogP contribution in [0.15, 0.2) is 48.5 Å². The monoisotopic (exact) mass is 317 g/mol. The normalized spacial score (nSPS) is 18.0. The molecular weight excluding hydrogens is 304 g/mol. The lowest BCUT2D eigenvalue weighted by atomic mass is 10.0. The molecule has 0 spiro atoms. The van der Waals surface area contributed by atoms with Gasteiger partial charge in [-0.1, -0.05) is 24.3 Å². The zero-order valence-corrected chi connectivity index (χ0v) is 12.0. The van der Waals surface area contributed by atoms with E-state index in [-0.39, 0.29) is 24.9 Å². The molecule has 0 saturated carbocycles. The zero-order chi connectivity index (χ0) is 16.4. The molecule has 1 aliphatic rings. The number of morpholine rings is 1. The van der Waals surface area contributed by atoms with Crippen molar-refractivity contribution in [1.29, 1.82) is 0 Å². The van der Waals surface area contributed by atoms with Gasteiger partial charge in [0.05, 0.1) is 0 Å². The highest BCUT2D eigenvalue weighted by Crippen LogP contribution is 2.28. The molecule has 6 heteroatoms. The number of carbonyl (C=O) groups excluding carboxylic acids is 2. The van der Waals surface area contributed by atoms with Crippen LogP contribution in [-0.4, -0.2) is 23.4 Å². The van der Waals surface area contributed by atoms with E-state index in [1.807, 2.05) is 0 Å². The maximum atomic E-state index is 13.1. The van der Waals surface area contributed by atoms with Crippen molar-refractivity contribution in [2.75, 3.05) is 6.61 Å². The summed E-state index contributed by atoms with van der Waals surface area (Å²) in [6.45, 7) is -0.200. The summed E-state index contributed by atoms with van der Waals surface area (Å²) in [5.41, 5.74) is 1.15. The Balaban J connectivity index is 1.92.